The van der Waals surface area contributed by atoms with Gasteiger partial charge in [-0.25, -0.2) is 4.39 Å². The third kappa shape index (κ3) is 3.60. The van der Waals surface area contributed by atoms with E-state index in [-0.39, 0.29) is 5.78 Å². The average Bonchev–Trinajstić information content (AvgIpc) is 2.27. The zero-order valence-electron chi connectivity index (χ0n) is 11.0. The Kier molecular flexibility index (Phi) is 5.43. The summed E-state index contributed by atoms with van der Waals surface area (Å²) in [6.45, 7) is 8.53. The van der Waals surface area contributed by atoms with E-state index < -0.39 is 18.6 Å². The molecule has 0 aliphatic carbocycles. The Labute approximate surface area is 110 Å². The molecule has 0 aliphatic rings. The topological polar surface area (TPSA) is 26.3 Å². The van der Waals surface area contributed by atoms with E-state index in [0.29, 0.717) is 5.56 Å². The number of aryl methyl sites for hydroxylation is 3. The van der Waals surface area contributed by atoms with Crippen molar-refractivity contribution in [3.8, 4) is 0 Å². The van der Waals surface area contributed by atoms with Crippen LogP contribution in [0.3, 0.4) is 0 Å². The summed E-state index contributed by atoms with van der Waals surface area (Å²) >= 11 is 0. The first kappa shape index (κ1) is 15.3. The lowest BCUT2D eigenvalue weighted by Crippen LogP contribution is -2.25. The maximum absolute atomic E-state index is 12.3. The molecular weight excluding hydrogens is 250 g/mol. The zero-order chi connectivity index (χ0) is 13.9. The predicted octanol–water partition coefficient (Wildman–Crippen LogP) is 3.18. The highest BCUT2D eigenvalue weighted by atomic mass is 31.0. The van der Waals surface area contributed by atoms with Gasteiger partial charge in [0.2, 0.25) is 0 Å². The van der Waals surface area contributed by atoms with Crippen LogP contribution in [0.15, 0.2) is 12.1 Å². The van der Waals surface area contributed by atoms with Gasteiger partial charge in [-0.15, -0.1) is 0 Å². The SMILES string of the molecule is [CH2][C@@H](CF)OC(P)C(=O)c1c(C)cc(C)cc1C. The molecular formula is C14H19FO2P. The first-order valence-corrected chi connectivity index (χ1v) is 6.45. The number of benzene rings is 1. The van der Waals surface area contributed by atoms with Gasteiger partial charge in [-0.1, -0.05) is 26.9 Å². The maximum Gasteiger partial charge on any atom is 0.195 e. The van der Waals surface area contributed by atoms with Gasteiger partial charge < -0.3 is 4.74 Å². The Balaban J connectivity index is 2.97. The molecule has 99 valence electrons. The minimum Gasteiger partial charge on any atom is -0.360 e. The maximum atomic E-state index is 12.3. The number of carbonyl (C=O) groups excluding carboxylic acids is 1. The van der Waals surface area contributed by atoms with Gasteiger partial charge in [-0.05, 0) is 38.8 Å². The summed E-state index contributed by atoms with van der Waals surface area (Å²) in [7, 11) is 2.30. The van der Waals surface area contributed by atoms with Gasteiger partial charge in [0.05, 0.1) is 6.10 Å². The Morgan fingerprint density at radius 3 is 2.33 bits per heavy atom. The largest absolute Gasteiger partial charge is 0.360 e. The summed E-state index contributed by atoms with van der Waals surface area (Å²) < 4.78 is 17.5. The Hall–Kier alpha value is -0.790. The summed E-state index contributed by atoms with van der Waals surface area (Å²) in [4.78, 5) is 12.3. The summed E-state index contributed by atoms with van der Waals surface area (Å²) in [6, 6.07) is 3.91. The van der Waals surface area contributed by atoms with Crippen LogP contribution < -0.4 is 0 Å². The van der Waals surface area contributed by atoms with E-state index >= 15 is 0 Å². The van der Waals surface area contributed by atoms with E-state index in [9.17, 15) is 9.18 Å². The van der Waals surface area contributed by atoms with Crippen molar-refractivity contribution in [2.24, 2.45) is 0 Å². The fourth-order valence-electron chi connectivity index (χ4n) is 2.02. The molecule has 1 radical (unpaired) electrons. The Bertz CT molecular complexity index is 422. The van der Waals surface area contributed by atoms with Crippen molar-refractivity contribution in [3.63, 3.8) is 0 Å². The van der Waals surface area contributed by atoms with Crippen LogP contribution in [-0.4, -0.2) is 24.4 Å². The number of rotatable bonds is 5. The first-order chi connectivity index (χ1) is 8.36. The van der Waals surface area contributed by atoms with Crippen molar-refractivity contribution >= 4 is 15.0 Å². The molecule has 0 N–H and O–H groups in total. The number of hydrogen-bond acceptors (Lipinski definition) is 2. The van der Waals surface area contributed by atoms with Crippen molar-refractivity contribution in [2.45, 2.75) is 32.7 Å². The van der Waals surface area contributed by atoms with Crippen LogP contribution in [0.4, 0.5) is 4.39 Å². The van der Waals surface area contributed by atoms with Gasteiger partial charge >= 0.3 is 0 Å². The number of carbonyl (C=O) groups is 1. The highest BCUT2D eigenvalue weighted by Gasteiger charge is 2.21. The molecule has 1 aromatic carbocycles. The molecule has 0 heterocycles. The van der Waals surface area contributed by atoms with Crippen LogP contribution in [0.25, 0.3) is 0 Å². The molecule has 0 saturated carbocycles. The number of halogens is 1. The predicted molar refractivity (Wildman–Crippen MR) is 74.7 cm³/mol. The van der Waals surface area contributed by atoms with Gasteiger partial charge in [0.1, 0.15) is 12.5 Å². The molecule has 2 unspecified atom stereocenters. The number of alkyl halides is 1. The van der Waals surface area contributed by atoms with Gasteiger partial charge in [-0.2, -0.15) is 0 Å². The minimum atomic E-state index is -0.817. The highest BCUT2D eigenvalue weighted by molar-refractivity contribution is 7.19. The number of hydrogen-bond donors (Lipinski definition) is 0. The van der Waals surface area contributed by atoms with Crippen LogP contribution >= 0.6 is 9.24 Å². The van der Waals surface area contributed by atoms with Gasteiger partial charge in [0, 0.05) is 5.56 Å². The number of Topliss-reactive ketones (excluding diaryl/α,β-unsaturated/α-hetero) is 1. The van der Waals surface area contributed by atoms with Crippen molar-refractivity contribution in [1.29, 1.82) is 0 Å². The van der Waals surface area contributed by atoms with Crippen LogP contribution in [0.2, 0.25) is 0 Å². The molecule has 4 heteroatoms. The second-order valence-electron chi connectivity index (χ2n) is 4.47. The number of ketones is 1. The summed E-state index contributed by atoms with van der Waals surface area (Å²) in [5.41, 5.74) is 3.58. The molecule has 1 aromatic rings. The molecule has 0 spiro atoms. The Morgan fingerprint density at radius 2 is 1.89 bits per heavy atom. The van der Waals surface area contributed by atoms with Crippen molar-refractivity contribution in [3.05, 3.63) is 41.3 Å². The zero-order valence-corrected chi connectivity index (χ0v) is 12.2. The number of ether oxygens (including phenoxy) is 1. The molecule has 1 rings (SSSR count). The normalized spacial score (nSPS) is 14.3. The van der Waals surface area contributed by atoms with Crippen LogP contribution in [0.5, 0.6) is 0 Å². The van der Waals surface area contributed by atoms with E-state index in [4.69, 9.17) is 4.74 Å². The smallest absolute Gasteiger partial charge is 0.195 e. The fourth-order valence-corrected chi connectivity index (χ4v) is 2.41. The fraction of sp³-hybridized carbons (Fsp3) is 0.429. The summed E-state index contributed by atoms with van der Waals surface area (Å²) in [5, 5.41) is 0. The summed E-state index contributed by atoms with van der Waals surface area (Å²) in [5.74, 6) is -0.916. The van der Waals surface area contributed by atoms with Crippen LogP contribution in [0, 0.1) is 27.7 Å². The lowest BCUT2D eigenvalue weighted by atomic mass is 9.97. The molecule has 0 fully saturated rings. The molecule has 0 amide bonds. The van der Waals surface area contributed by atoms with Gasteiger partial charge in [0.15, 0.2) is 5.78 Å². The summed E-state index contributed by atoms with van der Waals surface area (Å²) in [6.07, 6.45) is -0.817. The second-order valence-corrected chi connectivity index (χ2v) is 5.08. The highest BCUT2D eigenvalue weighted by Crippen LogP contribution is 2.21. The van der Waals surface area contributed by atoms with E-state index in [1.165, 1.54) is 0 Å². The minimum absolute atomic E-state index is 0.155. The standard InChI is InChI=1S/C14H19FO2P/c1-8-5-9(2)12(10(3)6-8)13(16)14(18)17-11(4)7-15/h5-6,11,14H,4,7,18H2,1-3H3/t11-,14?/m0/s1. The molecule has 2 nitrogen and oxygen atoms in total. The molecule has 0 bridgehead atoms. The third-order valence-electron chi connectivity index (χ3n) is 2.69. The lowest BCUT2D eigenvalue weighted by molar-refractivity contribution is 0.0396. The first-order valence-electron chi connectivity index (χ1n) is 5.79. The molecule has 3 atom stereocenters. The third-order valence-corrected chi connectivity index (χ3v) is 3.15. The molecule has 0 saturated heterocycles. The monoisotopic (exact) mass is 269 g/mol. The van der Waals surface area contributed by atoms with Crippen LogP contribution in [0.1, 0.15) is 27.0 Å². The van der Waals surface area contributed by atoms with E-state index in [0.717, 1.165) is 16.7 Å². The van der Waals surface area contributed by atoms with Gasteiger partial charge in [-0.3, -0.25) is 4.79 Å². The average molecular weight is 269 g/mol. The van der Waals surface area contributed by atoms with Crippen molar-refractivity contribution in [2.75, 3.05) is 6.67 Å². The lowest BCUT2D eigenvalue weighted by Gasteiger charge is -2.18. The van der Waals surface area contributed by atoms with E-state index in [1.807, 2.05) is 32.9 Å². The van der Waals surface area contributed by atoms with Gasteiger partial charge in [0.25, 0.3) is 0 Å². The quantitative estimate of drug-likeness (QED) is 0.606. The van der Waals surface area contributed by atoms with Crippen LogP contribution in [-0.2, 0) is 4.74 Å². The van der Waals surface area contributed by atoms with Crippen molar-refractivity contribution < 1.29 is 13.9 Å². The van der Waals surface area contributed by atoms with Crippen molar-refractivity contribution in [1.82, 2.24) is 0 Å². The molecule has 0 aromatic heterocycles. The Morgan fingerprint density at radius 1 is 1.39 bits per heavy atom. The molecule has 18 heavy (non-hydrogen) atoms. The van der Waals surface area contributed by atoms with E-state index in [1.54, 1.807) is 0 Å². The van der Waals surface area contributed by atoms with E-state index in [2.05, 4.69) is 16.2 Å². The second kappa shape index (κ2) is 6.40. The molecule has 0 aliphatic heterocycles.